The molecule has 1 fully saturated rings. The van der Waals surface area contributed by atoms with Crippen LogP contribution in [0, 0.1) is 12.7 Å². The molecule has 7 heteroatoms. The second-order valence-corrected chi connectivity index (χ2v) is 7.16. The Labute approximate surface area is 168 Å². The molecule has 29 heavy (non-hydrogen) atoms. The smallest absolute Gasteiger partial charge is 0.167 e. The summed E-state index contributed by atoms with van der Waals surface area (Å²) in [5.41, 5.74) is 3.63. The zero-order chi connectivity index (χ0) is 19.8. The third kappa shape index (κ3) is 3.23. The Morgan fingerprint density at radius 1 is 1.00 bits per heavy atom. The van der Waals surface area contributed by atoms with Crippen LogP contribution in [0.3, 0.4) is 0 Å². The summed E-state index contributed by atoms with van der Waals surface area (Å²) in [6.07, 6.45) is 1.75. The van der Waals surface area contributed by atoms with Crippen molar-refractivity contribution in [2.24, 2.45) is 0 Å². The van der Waals surface area contributed by atoms with Gasteiger partial charge in [-0.3, -0.25) is 9.55 Å². The number of aryl methyl sites for hydroxylation is 1. The molecular formula is C22H21FN6. The molecule has 0 aliphatic carbocycles. The Balaban J connectivity index is 1.76. The Bertz CT molecular complexity index is 1180. The summed E-state index contributed by atoms with van der Waals surface area (Å²) in [6, 6.07) is 14.5. The SMILES string of the molecule is Cc1cc(-n2c(-c3ccccc3F)nc3ccc(N4CCNCC4)nc32)ccn1. The van der Waals surface area contributed by atoms with Crippen LogP contribution < -0.4 is 10.2 Å². The van der Waals surface area contributed by atoms with E-state index in [1.165, 1.54) is 6.07 Å². The van der Waals surface area contributed by atoms with Crippen LogP contribution in [0.4, 0.5) is 10.2 Å². The Hall–Kier alpha value is -3.32. The first kappa shape index (κ1) is 17.8. The number of aromatic nitrogens is 4. The van der Waals surface area contributed by atoms with Gasteiger partial charge in [-0.1, -0.05) is 12.1 Å². The number of anilines is 1. The summed E-state index contributed by atoms with van der Waals surface area (Å²) < 4.78 is 16.6. The van der Waals surface area contributed by atoms with Gasteiger partial charge in [0.1, 0.15) is 23.0 Å². The van der Waals surface area contributed by atoms with E-state index in [1.807, 2.05) is 41.8 Å². The van der Waals surface area contributed by atoms with Crippen LogP contribution in [-0.4, -0.2) is 45.7 Å². The highest BCUT2D eigenvalue weighted by molar-refractivity contribution is 5.81. The standard InChI is InChI=1S/C22H21FN6/c1-15-14-16(8-9-25-15)29-21(17-4-2-3-5-18(17)23)26-19-6-7-20(27-22(19)29)28-12-10-24-11-13-28/h2-9,14,24H,10-13H2,1H3. The maximum Gasteiger partial charge on any atom is 0.167 e. The van der Waals surface area contributed by atoms with Crippen molar-refractivity contribution in [2.45, 2.75) is 6.92 Å². The van der Waals surface area contributed by atoms with Gasteiger partial charge in [0.15, 0.2) is 5.65 Å². The molecule has 146 valence electrons. The molecule has 4 aromatic rings. The second kappa shape index (κ2) is 7.25. The van der Waals surface area contributed by atoms with E-state index < -0.39 is 0 Å². The van der Waals surface area contributed by atoms with Crippen LogP contribution in [0.25, 0.3) is 28.2 Å². The van der Waals surface area contributed by atoms with Gasteiger partial charge in [-0.2, -0.15) is 0 Å². The molecule has 6 nitrogen and oxygen atoms in total. The fourth-order valence-corrected chi connectivity index (χ4v) is 3.75. The number of fused-ring (bicyclic) bond motifs is 1. The quantitative estimate of drug-likeness (QED) is 0.583. The highest BCUT2D eigenvalue weighted by Crippen LogP contribution is 2.30. The van der Waals surface area contributed by atoms with E-state index in [4.69, 9.17) is 9.97 Å². The summed E-state index contributed by atoms with van der Waals surface area (Å²) in [7, 11) is 0. The minimum atomic E-state index is -0.308. The molecule has 0 spiro atoms. The molecule has 1 saturated heterocycles. The monoisotopic (exact) mass is 388 g/mol. The van der Waals surface area contributed by atoms with Crippen LogP contribution in [0.5, 0.6) is 0 Å². The van der Waals surface area contributed by atoms with Crippen molar-refractivity contribution in [1.29, 1.82) is 0 Å². The highest BCUT2D eigenvalue weighted by atomic mass is 19.1. The molecule has 0 amide bonds. The van der Waals surface area contributed by atoms with Crippen LogP contribution in [0.1, 0.15) is 5.69 Å². The number of rotatable bonds is 3. The summed E-state index contributed by atoms with van der Waals surface area (Å²) in [5.74, 6) is 1.14. The van der Waals surface area contributed by atoms with Crippen LogP contribution in [0.15, 0.2) is 54.7 Å². The summed E-state index contributed by atoms with van der Waals surface area (Å²) in [4.78, 5) is 16.2. The number of hydrogen-bond donors (Lipinski definition) is 1. The molecule has 0 radical (unpaired) electrons. The van der Waals surface area contributed by atoms with Crippen molar-refractivity contribution < 1.29 is 4.39 Å². The Morgan fingerprint density at radius 3 is 2.62 bits per heavy atom. The predicted molar refractivity (Wildman–Crippen MR) is 112 cm³/mol. The molecular weight excluding hydrogens is 367 g/mol. The maximum atomic E-state index is 14.6. The summed E-state index contributed by atoms with van der Waals surface area (Å²) in [6.45, 7) is 5.61. The first-order valence-electron chi connectivity index (χ1n) is 9.74. The molecule has 1 aliphatic heterocycles. The van der Waals surface area contributed by atoms with Gasteiger partial charge in [0.05, 0.1) is 11.3 Å². The van der Waals surface area contributed by atoms with Crippen LogP contribution >= 0.6 is 0 Å². The van der Waals surface area contributed by atoms with Gasteiger partial charge in [-0.05, 0) is 43.3 Å². The lowest BCUT2D eigenvalue weighted by atomic mass is 10.2. The number of nitrogens with zero attached hydrogens (tertiary/aromatic N) is 5. The van der Waals surface area contributed by atoms with Crippen molar-refractivity contribution in [2.75, 3.05) is 31.1 Å². The van der Waals surface area contributed by atoms with Gasteiger partial charge in [0, 0.05) is 38.1 Å². The number of halogens is 1. The first-order chi connectivity index (χ1) is 14.2. The van der Waals surface area contributed by atoms with E-state index in [0.717, 1.165) is 48.9 Å². The van der Waals surface area contributed by atoms with Crippen molar-refractivity contribution >= 4 is 17.0 Å². The predicted octanol–water partition coefficient (Wildman–Crippen LogP) is 3.34. The van der Waals surface area contributed by atoms with Crippen molar-refractivity contribution in [1.82, 2.24) is 24.8 Å². The number of piperazine rings is 1. The number of nitrogens with one attached hydrogen (secondary N) is 1. The van der Waals surface area contributed by atoms with E-state index in [1.54, 1.807) is 18.3 Å². The lowest BCUT2D eigenvalue weighted by Gasteiger charge is -2.28. The second-order valence-electron chi connectivity index (χ2n) is 7.16. The molecule has 1 N–H and O–H groups in total. The lowest BCUT2D eigenvalue weighted by Crippen LogP contribution is -2.43. The van der Waals surface area contributed by atoms with Crippen molar-refractivity contribution in [3.63, 3.8) is 0 Å². The van der Waals surface area contributed by atoms with E-state index in [-0.39, 0.29) is 5.82 Å². The fraction of sp³-hybridized carbons (Fsp3) is 0.227. The molecule has 5 rings (SSSR count). The fourth-order valence-electron chi connectivity index (χ4n) is 3.75. The van der Waals surface area contributed by atoms with Crippen LogP contribution in [0.2, 0.25) is 0 Å². The third-order valence-electron chi connectivity index (χ3n) is 5.18. The van der Waals surface area contributed by atoms with Crippen molar-refractivity contribution in [3.05, 3.63) is 66.2 Å². The third-order valence-corrected chi connectivity index (χ3v) is 5.18. The molecule has 0 bridgehead atoms. The molecule has 3 aromatic heterocycles. The molecule has 1 aromatic carbocycles. The lowest BCUT2D eigenvalue weighted by molar-refractivity contribution is 0.585. The summed E-state index contributed by atoms with van der Waals surface area (Å²) >= 11 is 0. The van der Waals surface area contributed by atoms with Gasteiger partial charge in [-0.25, -0.2) is 14.4 Å². The normalized spacial score (nSPS) is 14.5. The van der Waals surface area contributed by atoms with E-state index in [2.05, 4.69) is 15.2 Å². The van der Waals surface area contributed by atoms with Gasteiger partial charge in [0.25, 0.3) is 0 Å². The highest BCUT2D eigenvalue weighted by Gasteiger charge is 2.20. The Morgan fingerprint density at radius 2 is 1.83 bits per heavy atom. The number of pyridine rings is 2. The molecule has 4 heterocycles. The molecule has 0 unspecified atom stereocenters. The Kier molecular flexibility index (Phi) is 4.44. The topological polar surface area (TPSA) is 58.9 Å². The van der Waals surface area contributed by atoms with Crippen LogP contribution in [-0.2, 0) is 0 Å². The van der Waals surface area contributed by atoms with E-state index >= 15 is 0 Å². The largest absolute Gasteiger partial charge is 0.354 e. The number of imidazole rings is 1. The van der Waals surface area contributed by atoms with Gasteiger partial charge in [-0.15, -0.1) is 0 Å². The summed E-state index contributed by atoms with van der Waals surface area (Å²) in [5, 5.41) is 3.36. The zero-order valence-electron chi connectivity index (χ0n) is 16.1. The van der Waals surface area contributed by atoms with Crippen molar-refractivity contribution in [3.8, 4) is 17.1 Å². The minimum absolute atomic E-state index is 0.308. The zero-order valence-corrected chi connectivity index (χ0v) is 16.1. The number of benzene rings is 1. The first-order valence-corrected chi connectivity index (χ1v) is 9.74. The average molecular weight is 388 g/mol. The van der Waals surface area contributed by atoms with Gasteiger partial charge in [0.2, 0.25) is 0 Å². The van der Waals surface area contributed by atoms with E-state index in [9.17, 15) is 4.39 Å². The van der Waals surface area contributed by atoms with Gasteiger partial charge >= 0.3 is 0 Å². The molecule has 0 atom stereocenters. The van der Waals surface area contributed by atoms with Gasteiger partial charge < -0.3 is 10.2 Å². The number of hydrogen-bond acceptors (Lipinski definition) is 5. The maximum absolute atomic E-state index is 14.6. The molecule has 0 saturated carbocycles. The molecule has 1 aliphatic rings. The minimum Gasteiger partial charge on any atom is -0.354 e. The van der Waals surface area contributed by atoms with E-state index in [0.29, 0.717) is 17.0 Å². The average Bonchev–Trinajstić information content (AvgIpc) is 3.13.